The van der Waals surface area contributed by atoms with Crippen LogP contribution in [0.25, 0.3) is 0 Å². The molecule has 4 rings (SSSR count). The summed E-state index contributed by atoms with van der Waals surface area (Å²) in [6.45, 7) is 6.15. The summed E-state index contributed by atoms with van der Waals surface area (Å²) in [5, 5.41) is 0. The zero-order valence-corrected chi connectivity index (χ0v) is 25.0. The molecular weight excluding hydrogens is 482 g/mol. The molecule has 3 saturated carbocycles. The van der Waals surface area contributed by atoms with Gasteiger partial charge in [-0.3, -0.25) is 0 Å². The SMILES string of the molecule is C=CCCC1CCC(C2CCC(c3ccc(CC/C=C/C4CCC(CCCCC)CC4)c(F)c3F)CC2)CC1. The number of hydrogen-bond donors (Lipinski definition) is 0. The van der Waals surface area contributed by atoms with Crippen LogP contribution in [0.2, 0.25) is 0 Å². The molecule has 3 fully saturated rings. The predicted octanol–water partition coefficient (Wildman–Crippen LogP) is 11.9. The number of benzene rings is 1. The van der Waals surface area contributed by atoms with E-state index in [1.165, 1.54) is 96.3 Å². The molecule has 39 heavy (non-hydrogen) atoms. The number of aryl methyl sites for hydroxylation is 1. The van der Waals surface area contributed by atoms with Gasteiger partial charge in [0.25, 0.3) is 0 Å². The Kier molecular flexibility index (Phi) is 12.6. The van der Waals surface area contributed by atoms with Crippen LogP contribution in [0, 0.1) is 41.2 Å². The molecule has 0 atom stereocenters. The fourth-order valence-electron chi connectivity index (χ4n) is 8.20. The Hall–Kier alpha value is -1.44. The lowest BCUT2D eigenvalue weighted by Gasteiger charge is -2.38. The van der Waals surface area contributed by atoms with E-state index in [0.717, 1.165) is 49.4 Å². The maximum atomic E-state index is 15.2. The van der Waals surface area contributed by atoms with Crippen LogP contribution < -0.4 is 0 Å². The Balaban J connectivity index is 1.18. The van der Waals surface area contributed by atoms with Crippen molar-refractivity contribution in [2.45, 2.75) is 141 Å². The predicted molar refractivity (Wildman–Crippen MR) is 163 cm³/mol. The summed E-state index contributed by atoms with van der Waals surface area (Å²) in [7, 11) is 0. The van der Waals surface area contributed by atoms with E-state index in [-0.39, 0.29) is 5.92 Å². The average Bonchev–Trinajstić information content (AvgIpc) is 2.97. The first kappa shape index (κ1) is 30.5. The van der Waals surface area contributed by atoms with E-state index in [9.17, 15) is 0 Å². The summed E-state index contributed by atoms with van der Waals surface area (Å²) in [6.07, 6.45) is 31.1. The van der Waals surface area contributed by atoms with Crippen molar-refractivity contribution < 1.29 is 8.78 Å². The number of unbranched alkanes of at least 4 members (excludes halogenated alkanes) is 2. The number of halogens is 2. The van der Waals surface area contributed by atoms with Gasteiger partial charge in [0.2, 0.25) is 0 Å². The van der Waals surface area contributed by atoms with Crippen molar-refractivity contribution in [3.63, 3.8) is 0 Å². The lowest BCUT2D eigenvalue weighted by Crippen LogP contribution is -2.25. The summed E-state index contributed by atoms with van der Waals surface area (Å²) >= 11 is 0. The van der Waals surface area contributed by atoms with Crippen LogP contribution in [0.4, 0.5) is 8.78 Å². The highest BCUT2D eigenvalue weighted by Gasteiger charge is 2.32. The summed E-state index contributed by atoms with van der Waals surface area (Å²) in [4.78, 5) is 0. The normalized spacial score (nSPS) is 30.0. The zero-order valence-electron chi connectivity index (χ0n) is 25.0. The van der Waals surface area contributed by atoms with E-state index >= 15 is 8.78 Å². The van der Waals surface area contributed by atoms with E-state index in [0.29, 0.717) is 23.5 Å². The molecule has 218 valence electrons. The molecule has 2 heteroatoms. The van der Waals surface area contributed by atoms with Crippen LogP contribution in [0.1, 0.15) is 146 Å². The Morgan fingerprint density at radius 3 is 2.05 bits per heavy atom. The smallest absolute Gasteiger partial charge is 0.162 e. The molecule has 1 aromatic carbocycles. The molecule has 0 spiro atoms. The van der Waals surface area contributed by atoms with Crippen LogP contribution in [0.15, 0.2) is 36.9 Å². The topological polar surface area (TPSA) is 0 Å². The van der Waals surface area contributed by atoms with Crippen LogP contribution in [-0.4, -0.2) is 0 Å². The second-order valence-corrected chi connectivity index (χ2v) is 13.4. The minimum atomic E-state index is -0.589. The van der Waals surface area contributed by atoms with Crippen molar-refractivity contribution >= 4 is 0 Å². The van der Waals surface area contributed by atoms with Gasteiger partial charge in [0.1, 0.15) is 0 Å². The first-order chi connectivity index (χ1) is 19.1. The average molecular weight is 539 g/mol. The molecular formula is C37H56F2. The molecule has 0 saturated heterocycles. The van der Waals surface area contributed by atoms with Gasteiger partial charge in [-0.25, -0.2) is 8.78 Å². The quantitative estimate of drug-likeness (QED) is 0.173. The van der Waals surface area contributed by atoms with Gasteiger partial charge in [0, 0.05) is 0 Å². The van der Waals surface area contributed by atoms with Crippen molar-refractivity contribution in [1.29, 1.82) is 0 Å². The van der Waals surface area contributed by atoms with E-state index in [1.807, 2.05) is 12.1 Å². The summed E-state index contributed by atoms with van der Waals surface area (Å²) in [5.41, 5.74) is 1.18. The van der Waals surface area contributed by atoms with Gasteiger partial charge < -0.3 is 0 Å². The Morgan fingerprint density at radius 1 is 0.744 bits per heavy atom. The second-order valence-electron chi connectivity index (χ2n) is 13.4. The molecule has 0 bridgehead atoms. The molecule has 0 aliphatic heterocycles. The Morgan fingerprint density at radius 2 is 1.38 bits per heavy atom. The van der Waals surface area contributed by atoms with Gasteiger partial charge in [-0.2, -0.15) is 0 Å². The van der Waals surface area contributed by atoms with Crippen molar-refractivity contribution in [1.82, 2.24) is 0 Å². The maximum absolute atomic E-state index is 15.2. The van der Waals surface area contributed by atoms with Crippen molar-refractivity contribution in [3.05, 3.63) is 59.7 Å². The first-order valence-electron chi connectivity index (χ1n) is 16.8. The maximum Gasteiger partial charge on any atom is 0.162 e. The van der Waals surface area contributed by atoms with Gasteiger partial charge in [0.15, 0.2) is 11.6 Å². The van der Waals surface area contributed by atoms with Gasteiger partial charge in [-0.15, -0.1) is 6.58 Å². The molecule has 0 heterocycles. The van der Waals surface area contributed by atoms with Crippen LogP contribution >= 0.6 is 0 Å². The van der Waals surface area contributed by atoms with Gasteiger partial charge in [0.05, 0.1) is 0 Å². The van der Waals surface area contributed by atoms with E-state index in [4.69, 9.17) is 0 Å². The second kappa shape index (κ2) is 16.1. The molecule has 3 aliphatic carbocycles. The zero-order chi connectivity index (χ0) is 27.5. The molecule has 0 aromatic heterocycles. The van der Waals surface area contributed by atoms with Crippen LogP contribution in [0.5, 0.6) is 0 Å². The summed E-state index contributed by atoms with van der Waals surface area (Å²) in [5.74, 6) is 3.17. The molecule has 0 amide bonds. The van der Waals surface area contributed by atoms with E-state index < -0.39 is 11.6 Å². The fourth-order valence-corrected chi connectivity index (χ4v) is 8.20. The molecule has 3 aliphatic rings. The van der Waals surface area contributed by atoms with Gasteiger partial charge in [-0.1, -0.05) is 75.8 Å². The molecule has 0 radical (unpaired) electrons. The third-order valence-electron chi connectivity index (χ3n) is 10.8. The highest BCUT2D eigenvalue weighted by Crippen LogP contribution is 2.45. The Labute approximate surface area is 239 Å². The molecule has 0 unspecified atom stereocenters. The Bertz CT molecular complexity index is 877. The lowest BCUT2D eigenvalue weighted by atomic mass is 9.68. The summed E-state index contributed by atoms with van der Waals surface area (Å²) < 4.78 is 30.2. The van der Waals surface area contributed by atoms with Crippen molar-refractivity contribution in [2.24, 2.45) is 29.6 Å². The number of allylic oxidation sites excluding steroid dienone is 3. The van der Waals surface area contributed by atoms with Gasteiger partial charge in [-0.05, 0) is 137 Å². The van der Waals surface area contributed by atoms with Crippen molar-refractivity contribution in [3.8, 4) is 0 Å². The monoisotopic (exact) mass is 538 g/mol. The standard InChI is InChI=1S/C37H56F2/c1-3-5-7-11-29-14-16-30(17-15-29)12-8-9-13-34-26-27-35(37(39)36(34)38)33-24-22-32(23-25-33)31-20-18-28(19-21-31)10-6-4-2/h4,8,12,26-33H,2-3,5-7,9-11,13-25H2,1H3/b12-8+. The third kappa shape index (κ3) is 9.02. The van der Waals surface area contributed by atoms with Crippen LogP contribution in [-0.2, 0) is 6.42 Å². The van der Waals surface area contributed by atoms with E-state index in [2.05, 4.69) is 31.7 Å². The highest BCUT2D eigenvalue weighted by molar-refractivity contribution is 5.30. The van der Waals surface area contributed by atoms with Gasteiger partial charge >= 0.3 is 0 Å². The molecule has 0 nitrogen and oxygen atoms in total. The first-order valence-corrected chi connectivity index (χ1v) is 16.8. The minimum Gasteiger partial charge on any atom is -0.203 e. The number of rotatable bonds is 13. The highest BCUT2D eigenvalue weighted by atomic mass is 19.2. The lowest BCUT2D eigenvalue weighted by molar-refractivity contribution is 0.156. The minimum absolute atomic E-state index is 0.186. The molecule has 0 N–H and O–H groups in total. The largest absolute Gasteiger partial charge is 0.203 e. The van der Waals surface area contributed by atoms with Crippen LogP contribution in [0.3, 0.4) is 0 Å². The number of hydrogen-bond acceptors (Lipinski definition) is 0. The third-order valence-corrected chi connectivity index (χ3v) is 10.8. The molecule has 1 aromatic rings. The summed E-state index contributed by atoms with van der Waals surface area (Å²) in [6, 6.07) is 3.78. The fraction of sp³-hybridized carbons (Fsp3) is 0.730. The van der Waals surface area contributed by atoms with E-state index in [1.54, 1.807) is 0 Å². The van der Waals surface area contributed by atoms with Crippen molar-refractivity contribution in [2.75, 3.05) is 0 Å².